The number of hydrogen-bond donors (Lipinski definition) is 1. The minimum Gasteiger partial charge on any atom is -0.494 e. The first-order valence-corrected chi connectivity index (χ1v) is 9.99. The van der Waals surface area contributed by atoms with Crippen LogP contribution in [-0.2, 0) is 16.8 Å². The van der Waals surface area contributed by atoms with E-state index in [0.717, 1.165) is 19.3 Å². The highest BCUT2D eigenvalue weighted by atomic mass is 32.2. The van der Waals surface area contributed by atoms with E-state index in [9.17, 15) is 13.8 Å². The number of nitrogens with one attached hydrogen (secondary N) is 1. The molecule has 8 heteroatoms. The van der Waals surface area contributed by atoms with Gasteiger partial charge in [0.05, 0.1) is 22.4 Å². The molecule has 0 atom stereocenters. The molecule has 0 unspecified atom stereocenters. The van der Waals surface area contributed by atoms with Gasteiger partial charge >= 0.3 is 0 Å². The van der Waals surface area contributed by atoms with Gasteiger partial charge in [-0.2, -0.15) is 4.36 Å². The average molecular weight is 363 g/mol. The quantitative estimate of drug-likeness (QED) is 0.843. The fraction of sp³-hybridized carbons (Fsp3) is 0.412. The van der Waals surface area contributed by atoms with E-state index in [1.807, 2.05) is 0 Å². The number of aryl methyl sites for hydroxylation is 1. The number of ketones is 1. The second-order valence-electron chi connectivity index (χ2n) is 6.07. The zero-order valence-corrected chi connectivity index (χ0v) is 15.1. The predicted octanol–water partition coefficient (Wildman–Crippen LogP) is 2.24. The van der Waals surface area contributed by atoms with E-state index < -0.39 is 21.1 Å². The molecular formula is C17H21N3O4S. The summed E-state index contributed by atoms with van der Waals surface area (Å²) in [5, 5.41) is 2.68. The van der Waals surface area contributed by atoms with Crippen molar-refractivity contribution < 1.29 is 13.7 Å². The van der Waals surface area contributed by atoms with Gasteiger partial charge in [-0.1, -0.05) is 12.5 Å². The molecular weight excluding hydrogens is 342 g/mol. The number of rotatable bonds is 4. The van der Waals surface area contributed by atoms with Crippen LogP contribution in [0, 0.1) is 0 Å². The topological polar surface area (TPSA) is 93.5 Å². The number of methoxy groups -OCH3 is 1. The van der Waals surface area contributed by atoms with Gasteiger partial charge in [-0.25, -0.2) is 4.21 Å². The van der Waals surface area contributed by atoms with Crippen LogP contribution in [0.2, 0.25) is 0 Å². The number of nitrogens with zero attached hydrogens (tertiary/aromatic N) is 2. The fourth-order valence-electron chi connectivity index (χ4n) is 2.96. The highest BCUT2D eigenvalue weighted by molar-refractivity contribution is 7.93. The summed E-state index contributed by atoms with van der Waals surface area (Å²) in [5.41, 5.74) is 0.249. The summed E-state index contributed by atoms with van der Waals surface area (Å²) < 4.78 is 24.0. The zero-order chi connectivity index (χ0) is 18.0. The summed E-state index contributed by atoms with van der Waals surface area (Å²) in [6.45, 7) is 0. The summed E-state index contributed by atoms with van der Waals surface area (Å²) in [7, 11) is 0.651. The Bertz CT molecular complexity index is 968. The maximum absolute atomic E-state index is 12.9. The first kappa shape index (κ1) is 17.5. The van der Waals surface area contributed by atoms with Gasteiger partial charge < -0.3 is 9.84 Å². The van der Waals surface area contributed by atoms with Crippen LogP contribution in [0.5, 0.6) is 5.75 Å². The van der Waals surface area contributed by atoms with Crippen molar-refractivity contribution in [3.8, 4) is 5.75 Å². The monoisotopic (exact) mass is 363 g/mol. The number of carbonyl (C=O) groups excluding carboxylic acids is 1. The molecule has 1 aromatic heterocycles. The number of aromatic nitrogens is 2. The Morgan fingerprint density at radius 1 is 1.24 bits per heavy atom. The van der Waals surface area contributed by atoms with Crippen molar-refractivity contribution in [3.63, 3.8) is 0 Å². The Labute approximate surface area is 146 Å². The average Bonchev–Trinajstić information content (AvgIpc) is 2.93. The van der Waals surface area contributed by atoms with Crippen molar-refractivity contribution in [2.45, 2.75) is 19.3 Å². The first-order chi connectivity index (χ1) is 11.9. The Kier molecular flexibility index (Phi) is 4.80. The second kappa shape index (κ2) is 6.87. The molecule has 0 radical (unpaired) electrons. The Balaban J connectivity index is 2.09. The van der Waals surface area contributed by atoms with E-state index in [4.69, 9.17) is 4.74 Å². The summed E-state index contributed by atoms with van der Waals surface area (Å²) >= 11 is 0. The normalized spacial score (nSPS) is 16.4. The highest BCUT2D eigenvalue weighted by Crippen LogP contribution is 2.34. The third-order valence-corrected chi connectivity index (χ3v) is 6.70. The van der Waals surface area contributed by atoms with E-state index in [2.05, 4.69) is 9.46 Å². The molecule has 1 fully saturated rings. The molecule has 25 heavy (non-hydrogen) atoms. The number of benzene rings is 1. The molecule has 1 aliphatic rings. The lowest BCUT2D eigenvalue weighted by molar-refractivity contribution is 0.103. The van der Waals surface area contributed by atoms with Gasteiger partial charge in [-0.15, -0.1) is 0 Å². The molecule has 3 rings (SSSR count). The molecule has 7 nitrogen and oxygen atoms in total. The Hall–Kier alpha value is -2.35. The molecule has 1 N–H and O–H groups in total. The van der Waals surface area contributed by atoms with Crippen LogP contribution in [0.3, 0.4) is 0 Å². The van der Waals surface area contributed by atoms with Crippen molar-refractivity contribution in [2.24, 2.45) is 11.4 Å². The predicted molar refractivity (Wildman–Crippen MR) is 96.3 cm³/mol. The van der Waals surface area contributed by atoms with Crippen molar-refractivity contribution in [3.05, 3.63) is 45.9 Å². The fourth-order valence-corrected chi connectivity index (χ4v) is 5.16. The van der Waals surface area contributed by atoms with E-state index in [1.54, 1.807) is 18.2 Å². The van der Waals surface area contributed by atoms with Crippen molar-refractivity contribution in [2.75, 3.05) is 18.6 Å². The lowest BCUT2D eigenvalue weighted by Gasteiger charge is -2.16. The minimum absolute atomic E-state index is 0.0276. The zero-order valence-electron chi connectivity index (χ0n) is 14.3. The molecule has 0 amide bonds. The third-order valence-electron chi connectivity index (χ3n) is 4.32. The number of hydrogen-bond acceptors (Lipinski definition) is 5. The van der Waals surface area contributed by atoms with Gasteiger partial charge in [0.2, 0.25) is 5.78 Å². The standard InChI is InChI=1S/C17H21N3O4S/c1-20-17(22)13(11-18-20)15(21)12-7-6-8-14(16(12)24-2)19-25(23)9-4-3-5-10-25/h6-8,11,18H,3-5,9-10H2,1-2H3. The number of carbonyl (C=O) groups is 1. The van der Waals surface area contributed by atoms with Gasteiger partial charge in [0.25, 0.3) is 5.56 Å². The molecule has 134 valence electrons. The molecule has 0 saturated carbocycles. The number of aromatic amines is 1. The van der Waals surface area contributed by atoms with Gasteiger partial charge in [-0.3, -0.25) is 14.3 Å². The number of para-hydroxylation sites is 1. The number of H-pyrrole nitrogens is 1. The van der Waals surface area contributed by atoms with Crippen molar-refractivity contribution >= 4 is 21.2 Å². The maximum atomic E-state index is 12.9. The van der Waals surface area contributed by atoms with Crippen LogP contribution < -0.4 is 10.3 Å². The Morgan fingerprint density at radius 2 is 1.96 bits per heavy atom. The van der Waals surface area contributed by atoms with Crippen LogP contribution in [0.15, 0.2) is 33.6 Å². The van der Waals surface area contributed by atoms with Crippen molar-refractivity contribution in [1.29, 1.82) is 0 Å². The molecule has 2 heterocycles. The molecule has 0 aliphatic carbocycles. The largest absolute Gasteiger partial charge is 0.494 e. The SMILES string of the molecule is COc1c(N=S2(=O)CCCCC2)cccc1C(=O)c1c[nH]n(C)c1=O. The summed E-state index contributed by atoms with van der Waals surface area (Å²) in [6, 6.07) is 4.93. The molecule has 1 aliphatic heterocycles. The molecule has 1 saturated heterocycles. The van der Waals surface area contributed by atoms with Crippen LogP contribution in [0.1, 0.15) is 35.2 Å². The van der Waals surface area contributed by atoms with Crippen LogP contribution in [-0.4, -0.2) is 38.4 Å². The lowest BCUT2D eigenvalue weighted by atomic mass is 10.0. The first-order valence-electron chi connectivity index (χ1n) is 8.14. The second-order valence-corrected chi connectivity index (χ2v) is 8.62. The van der Waals surface area contributed by atoms with Gasteiger partial charge in [0.15, 0.2) is 5.75 Å². The van der Waals surface area contributed by atoms with Gasteiger partial charge in [-0.05, 0) is 25.0 Å². The van der Waals surface area contributed by atoms with E-state index in [-0.39, 0.29) is 16.9 Å². The maximum Gasteiger partial charge on any atom is 0.277 e. The molecule has 2 aromatic rings. The third kappa shape index (κ3) is 3.39. The van der Waals surface area contributed by atoms with E-state index in [1.165, 1.54) is 25.0 Å². The van der Waals surface area contributed by atoms with E-state index in [0.29, 0.717) is 17.2 Å². The highest BCUT2D eigenvalue weighted by Gasteiger charge is 2.22. The summed E-state index contributed by atoms with van der Waals surface area (Å²) in [4.78, 5) is 24.8. The van der Waals surface area contributed by atoms with Gasteiger partial charge in [0.1, 0.15) is 11.3 Å². The minimum atomic E-state index is -2.33. The van der Waals surface area contributed by atoms with Crippen LogP contribution in [0.25, 0.3) is 0 Å². The van der Waals surface area contributed by atoms with Crippen LogP contribution >= 0.6 is 0 Å². The van der Waals surface area contributed by atoms with Crippen LogP contribution in [0.4, 0.5) is 5.69 Å². The Morgan fingerprint density at radius 3 is 2.56 bits per heavy atom. The smallest absolute Gasteiger partial charge is 0.277 e. The van der Waals surface area contributed by atoms with Gasteiger partial charge in [0, 0.05) is 24.8 Å². The summed E-state index contributed by atoms with van der Waals surface area (Å²) in [6.07, 6.45) is 4.22. The molecule has 1 aromatic carbocycles. The summed E-state index contributed by atoms with van der Waals surface area (Å²) in [5.74, 6) is 0.928. The molecule has 0 bridgehead atoms. The van der Waals surface area contributed by atoms with E-state index >= 15 is 0 Å². The van der Waals surface area contributed by atoms with Crippen molar-refractivity contribution in [1.82, 2.24) is 9.78 Å². The molecule has 0 spiro atoms. The lowest BCUT2D eigenvalue weighted by Crippen LogP contribution is -2.19. The number of ether oxygens (including phenoxy) is 1.